The predicted molar refractivity (Wildman–Crippen MR) is 101 cm³/mol. The number of furan rings is 1. The van der Waals surface area contributed by atoms with E-state index in [2.05, 4.69) is 5.10 Å². The van der Waals surface area contributed by atoms with Gasteiger partial charge in [-0.05, 0) is 43.3 Å². The number of hydrogen-bond acceptors (Lipinski definition) is 4. The van der Waals surface area contributed by atoms with Crippen LogP contribution in [0.3, 0.4) is 0 Å². The van der Waals surface area contributed by atoms with Crippen LogP contribution in [0, 0.1) is 6.92 Å². The van der Waals surface area contributed by atoms with Crippen LogP contribution in [-0.2, 0) is 13.7 Å². The highest BCUT2D eigenvalue weighted by Gasteiger charge is 2.10. The number of hydrogen-bond donors (Lipinski definition) is 0. The van der Waals surface area contributed by atoms with Crippen LogP contribution in [0.4, 0.5) is 0 Å². The number of carbonyl (C=O) groups is 1. The Kier molecular flexibility index (Phi) is 5.49. The van der Waals surface area contributed by atoms with Gasteiger partial charge in [0.05, 0.1) is 16.8 Å². The van der Waals surface area contributed by atoms with Crippen molar-refractivity contribution >= 4 is 35.1 Å². The fourth-order valence-electron chi connectivity index (χ4n) is 2.29. The molecule has 0 spiro atoms. The number of aryl methyl sites for hydroxylation is 1. The fourth-order valence-corrected chi connectivity index (χ4v) is 2.62. The Labute approximate surface area is 160 Å². The number of nitrogens with zero attached hydrogens (tertiary/aromatic N) is 2. The van der Waals surface area contributed by atoms with Gasteiger partial charge in [0.25, 0.3) is 0 Å². The largest absolute Gasteiger partial charge is 0.484 e. The molecule has 2 heterocycles. The van der Waals surface area contributed by atoms with Gasteiger partial charge < -0.3 is 9.15 Å². The standard InChI is InChI=1S/C19H16Cl2N2O3/c1-12-16(10-22-23(12)2)18(24)8-6-14-4-5-15(26-14)11-25-19-9-13(20)3-7-17(19)21/h3-10H,11H2,1-2H3/b8-6-. The van der Waals surface area contributed by atoms with Crippen molar-refractivity contribution in [3.05, 3.63) is 75.4 Å². The molecule has 0 atom stereocenters. The predicted octanol–water partition coefficient (Wildman–Crippen LogP) is 5.10. The lowest BCUT2D eigenvalue weighted by Crippen LogP contribution is -1.98. The van der Waals surface area contributed by atoms with Gasteiger partial charge in [0.1, 0.15) is 23.9 Å². The van der Waals surface area contributed by atoms with E-state index >= 15 is 0 Å². The summed E-state index contributed by atoms with van der Waals surface area (Å²) in [6.45, 7) is 2.04. The van der Waals surface area contributed by atoms with Crippen molar-refractivity contribution in [2.45, 2.75) is 13.5 Å². The Morgan fingerprint density at radius 3 is 2.85 bits per heavy atom. The van der Waals surface area contributed by atoms with Gasteiger partial charge in [-0.1, -0.05) is 23.2 Å². The molecule has 0 aliphatic heterocycles. The van der Waals surface area contributed by atoms with E-state index in [1.807, 2.05) is 6.92 Å². The zero-order chi connectivity index (χ0) is 18.7. The summed E-state index contributed by atoms with van der Waals surface area (Å²) < 4.78 is 12.9. The fraction of sp³-hybridized carbons (Fsp3) is 0.158. The van der Waals surface area contributed by atoms with Crippen molar-refractivity contribution < 1.29 is 13.9 Å². The monoisotopic (exact) mass is 390 g/mol. The Morgan fingerprint density at radius 1 is 1.31 bits per heavy atom. The minimum atomic E-state index is -0.129. The molecule has 0 radical (unpaired) electrons. The van der Waals surface area contributed by atoms with Crippen molar-refractivity contribution in [1.29, 1.82) is 0 Å². The van der Waals surface area contributed by atoms with Crippen LogP contribution in [0.25, 0.3) is 6.08 Å². The molecular formula is C19H16Cl2N2O3. The maximum Gasteiger partial charge on any atom is 0.189 e. The SMILES string of the molecule is Cc1c(C(=O)/C=C\c2ccc(COc3cc(Cl)ccc3Cl)o2)cnn1C. The lowest BCUT2D eigenvalue weighted by Gasteiger charge is -2.06. The molecule has 0 unspecified atom stereocenters. The van der Waals surface area contributed by atoms with E-state index in [0.717, 1.165) is 5.69 Å². The summed E-state index contributed by atoms with van der Waals surface area (Å²) in [6.07, 6.45) is 4.63. The summed E-state index contributed by atoms with van der Waals surface area (Å²) in [5.41, 5.74) is 1.38. The van der Waals surface area contributed by atoms with Crippen LogP contribution in [0.15, 0.2) is 47.0 Å². The zero-order valence-electron chi connectivity index (χ0n) is 14.2. The molecule has 3 aromatic rings. The molecule has 0 N–H and O–H groups in total. The third-order valence-electron chi connectivity index (χ3n) is 3.85. The van der Waals surface area contributed by atoms with Crippen molar-refractivity contribution in [2.75, 3.05) is 0 Å². The van der Waals surface area contributed by atoms with Crippen LogP contribution in [0.1, 0.15) is 27.6 Å². The minimum absolute atomic E-state index is 0.129. The van der Waals surface area contributed by atoms with Gasteiger partial charge in [0, 0.05) is 23.8 Å². The number of halogens is 2. The Bertz CT molecular complexity index is 973. The van der Waals surface area contributed by atoms with Crippen molar-refractivity contribution in [2.24, 2.45) is 7.05 Å². The molecule has 5 nitrogen and oxygen atoms in total. The summed E-state index contributed by atoms with van der Waals surface area (Å²) in [6, 6.07) is 8.54. The van der Waals surface area contributed by atoms with E-state index < -0.39 is 0 Å². The minimum Gasteiger partial charge on any atom is -0.484 e. The first-order chi connectivity index (χ1) is 12.4. The second kappa shape index (κ2) is 7.81. The number of rotatable bonds is 6. The molecule has 0 bridgehead atoms. The first-order valence-electron chi connectivity index (χ1n) is 7.81. The van der Waals surface area contributed by atoms with Crippen molar-refractivity contribution in [3.63, 3.8) is 0 Å². The van der Waals surface area contributed by atoms with Crippen molar-refractivity contribution in [1.82, 2.24) is 9.78 Å². The average Bonchev–Trinajstić information content (AvgIpc) is 3.21. The maximum atomic E-state index is 12.2. The van der Waals surface area contributed by atoms with Gasteiger partial charge in [0.15, 0.2) is 5.78 Å². The van der Waals surface area contributed by atoms with E-state index in [9.17, 15) is 4.79 Å². The first kappa shape index (κ1) is 18.3. The van der Waals surface area contributed by atoms with Gasteiger partial charge in [-0.15, -0.1) is 0 Å². The number of benzene rings is 1. The number of allylic oxidation sites excluding steroid dienone is 1. The second-order valence-corrected chi connectivity index (χ2v) is 6.48. The Balaban J connectivity index is 1.63. The van der Waals surface area contributed by atoms with E-state index in [0.29, 0.717) is 32.9 Å². The normalized spacial score (nSPS) is 11.2. The van der Waals surface area contributed by atoms with E-state index in [4.69, 9.17) is 32.4 Å². The van der Waals surface area contributed by atoms with Gasteiger partial charge in [-0.25, -0.2) is 0 Å². The number of ether oxygens (including phenoxy) is 1. The molecule has 26 heavy (non-hydrogen) atoms. The van der Waals surface area contributed by atoms with Gasteiger partial charge >= 0.3 is 0 Å². The van der Waals surface area contributed by atoms with Crippen molar-refractivity contribution in [3.8, 4) is 5.75 Å². The molecule has 0 saturated carbocycles. The van der Waals surface area contributed by atoms with Gasteiger partial charge in [-0.3, -0.25) is 9.48 Å². The highest BCUT2D eigenvalue weighted by Crippen LogP contribution is 2.28. The molecule has 2 aromatic heterocycles. The van der Waals surface area contributed by atoms with Gasteiger partial charge in [0.2, 0.25) is 0 Å². The summed E-state index contributed by atoms with van der Waals surface area (Å²) in [7, 11) is 1.79. The lowest BCUT2D eigenvalue weighted by atomic mass is 10.1. The Morgan fingerprint density at radius 2 is 2.12 bits per heavy atom. The van der Waals surface area contributed by atoms with Gasteiger partial charge in [-0.2, -0.15) is 5.10 Å². The van der Waals surface area contributed by atoms with Crippen LogP contribution < -0.4 is 4.74 Å². The maximum absolute atomic E-state index is 12.2. The third-order valence-corrected chi connectivity index (χ3v) is 4.39. The number of ketones is 1. The molecule has 1 aromatic carbocycles. The molecule has 0 fully saturated rings. The molecule has 7 heteroatoms. The summed E-state index contributed by atoms with van der Waals surface area (Å²) in [5.74, 6) is 1.51. The molecule has 0 saturated heterocycles. The van der Waals surface area contributed by atoms with Crippen LogP contribution in [0.5, 0.6) is 5.75 Å². The molecule has 0 amide bonds. The topological polar surface area (TPSA) is 57.3 Å². The summed E-state index contributed by atoms with van der Waals surface area (Å²) in [5, 5.41) is 5.07. The Hall–Kier alpha value is -2.50. The van der Waals surface area contributed by atoms with Crippen LogP contribution in [-0.4, -0.2) is 15.6 Å². The number of aromatic nitrogens is 2. The second-order valence-electron chi connectivity index (χ2n) is 5.63. The van der Waals surface area contributed by atoms with Crippen LogP contribution in [0.2, 0.25) is 10.0 Å². The molecule has 0 aliphatic carbocycles. The van der Waals surface area contributed by atoms with E-state index in [1.54, 1.807) is 54.3 Å². The molecular weight excluding hydrogens is 375 g/mol. The quantitative estimate of drug-likeness (QED) is 0.433. The zero-order valence-corrected chi connectivity index (χ0v) is 15.7. The average molecular weight is 391 g/mol. The smallest absolute Gasteiger partial charge is 0.189 e. The molecule has 3 rings (SSSR count). The molecule has 0 aliphatic rings. The third kappa shape index (κ3) is 4.18. The summed E-state index contributed by atoms with van der Waals surface area (Å²) >= 11 is 12.0. The number of carbonyl (C=O) groups excluding carboxylic acids is 1. The van der Waals surface area contributed by atoms with E-state index in [1.165, 1.54) is 6.08 Å². The highest BCUT2D eigenvalue weighted by atomic mass is 35.5. The lowest BCUT2D eigenvalue weighted by molar-refractivity contribution is 0.104. The van der Waals surface area contributed by atoms with Crippen LogP contribution >= 0.6 is 23.2 Å². The van der Waals surface area contributed by atoms with E-state index in [-0.39, 0.29) is 12.4 Å². The highest BCUT2D eigenvalue weighted by molar-refractivity contribution is 6.34. The first-order valence-corrected chi connectivity index (χ1v) is 8.57. The summed E-state index contributed by atoms with van der Waals surface area (Å²) in [4.78, 5) is 12.2. The molecule has 134 valence electrons.